The van der Waals surface area contributed by atoms with Gasteiger partial charge in [0.25, 0.3) is 0 Å². The summed E-state index contributed by atoms with van der Waals surface area (Å²) in [6, 6.07) is 17.7. The molecule has 0 spiro atoms. The SMILES string of the molecule is CC(=Nc1ccccc1OC(CCNCCF)c1ccccc1)c1c(C)nnc(N(C)C)c1N. The molecule has 1 heterocycles. The van der Waals surface area contributed by atoms with Crippen LogP contribution >= 0.6 is 0 Å². The van der Waals surface area contributed by atoms with Crippen LogP contribution in [0, 0.1) is 6.92 Å². The van der Waals surface area contributed by atoms with E-state index in [0.29, 0.717) is 48.1 Å². The zero-order valence-electron chi connectivity index (χ0n) is 20.3. The lowest BCUT2D eigenvalue weighted by Crippen LogP contribution is -2.21. The number of nitrogens with two attached hydrogens (primary N) is 1. The van der Waals surface area contributed by atoms with Gasteiger partial charge in [-0.25, -0.2) is 9.38 Å². The molecule has 0 fully saturated rings. The summed E-state index contributed by atoms with van der Waals surface area (Å²) < 4.78 is 19.0. The summed E-state index contributed by atoms with van der Waals surface area (Å²) in [6.45, 7) is 4.36. The molecule has 0 saturated carbocycles. The summed E-state index contributed by atoms with van der Waals surface area (Å²) in [6.07, 6.45) is 0.479. The van der Waals surface area contributed by atoms with E-state index in [1.165, 1.54) is 0 Å². The van der Waals surface area contributed by atoms with Crippen LogP contribution in [-0.2, 0) is 0 Å². The molecule has 1 unspecified atom stereocenters. The highest BCUT2D eigenvalue weighted by Gasteiger charge is 2.18. The zero-order valence-corrected chi connectivity index (χ0v) is 20.3. The van der Waals surface area contributed by atoms with Crippen LogP contribution in [0.1, 0.15) is 36.3 Å². The predicted molar refractivity (Wildman–Crippen MR) is 137 cm³/mol. The topological polar surface area (TPSA) is 88.7 Å². The first-order valence-electron chi connectivity index (χ1n) is 11.4. The highest BCUT2D eigenvalue weighted by molar-refractivity contribution is 6.07. The van der Waals surface area contributed by atoms with Crippen LogP contribution in [0.25, 0.3) is 0 Å². The van der Waals surface area contributed by atoms with Gasteiger partial charge in [0.15, 0.2) is 5.82 Å². The molecule has 1 aromatic heterocycles. The van der Waals surface area contributed by atoms with Gasteiger partial charge in [0, 0.05) is 38.3 Å². The summed E-state index contributed by atoms with van der Waals surface area (Å²) in [7, 11) is 3.75. The van der Waals surface area contributed by atoms with Gasteiger partial charge in [-0.1, -0.05) is 42.5 Å². The number of para-hydroxylation sites is 2. The molecule has 3 N–H and O–H groups in total. The number of halogens is 1. The van der Waals surface area contributed by atoms with Crippen LogP contribution in [0.2, 0.25) is 0 Å². The van der Waals surface area contributed by atoms with E-state index in [2.05, 4.69) is 15.5 Å². The molecular weight excluding hydrogens is 431 g/mol. The third-order valence-electron chi connectivity index (χ3n) is 5.40. The standard InChI is InChI=1S/C26H33FN6O/c1-18(24-19(2)31-32-26(25(24)28)33(3)4)30-21-12-8-9-13-23(21)34-22(14-16-29-17-15-27)20-10-6-5-7-11-20/h5-13,22,29H,14-17H2,1-4H3,(H2,28,31). The Hall–Kier alpha value is -3.52. The van der Waals surface area contributed by atoms with E-state index in [1.54, 1.807) is 0 Å². The average Bonchev–Trinajstić information content (AvgIpc) is 2.82. The maximum Gasteiger partial charge on any atom is 0.174 e. The number of rotatable bonds is 11. The van der Waals surface area contributed by atoms with Crippen LogP contribution in [-0.4, -0.2) is 49.8 Å². The first kappa shape index (κ1) is 25.1. The summed E-state index contributed by atoms with van der Waals surface area (Å²) >= 11 is 0. The lowest BCUT2D eigenvalue weighted by atomic mass is 10.1. The minimum atomic E-state index is -0.393. The second kappa shape index (κ2) is 12.1. The second-order valence-corrected chi connectivity index (χ2v) is 8.20. The highest BCUT2D eigenvalue weighted by atomic mass is 19.1. The average molecular weight is 465 g/mol. The van der Waals surface area contributed by atoms with Crippen molar-refractivity contribution in [1.29, 1.82) is 0 Å². The van der Waals surface area contributed by atoms with E-state index in [9.17, 15) is 4.39 Å². The maximum atomic E-state index is 12.5. The first-order valence-corrected chi connectivity index (χ1v) is 11.4. The van der Waals surface area contributed by atoms with Crippen LogP contribution in [0.5, 0.6) is 5.75 Å². The van der Waals surface area contributed by atoms with E-state index in [4.69, 9.17) is 15.5 Å². The number of aromatic nitrogens is 2. The fourth-order valence-electron chi connectivity index (χ4n) is 3.75. The Morgan fingerprint density at radius 2 is 1.79 bits per heavy atom. The Morgan fingerprint density at radius 1 is 1.09 bits per heavy atom. The number of nitrogens with zero attached hydrogens (tertiary/aromatic N) is 4. The van der Waals surface area contributed by atoms with Crippen molar-refractivity contribution in [1.82, 2.24) is 15.5 Å². The number of hydrogen-bond acceptors (Lipinski definition) is 7. The molecular formula is C26H33FN6O. The number of anilines is 2. The second-order valence-electron chi connectivity index (χ2n) is 8.20. The number of alkyl halides is 1. The monoisotopic (exact) mass is 464 g/mol. The lowest BCUT2D eigenvalue weighted by molar-refractivity contribution is 0.194. The number of benzene rings is 2. The first-order chi connectivity index (χ1) is 16.4. The molecule has 0 aliphatic heterocycles. The molecule has 3 aromatic rings. The molecule has 0 amide bonds. The maximum absolute atomic E-state index is 12.5. The number of hydrogen-bond donors (Lipinski definition) is 2. The van der Waals surface area contributed by atoms with E-state index in [-0.39, 0.29) is 6.10 Å². The third kappa shape index (κ3) is 6.29. The Morgan fingerprint density at radius 3 is 2.50 bits per heavy atom. The molecule has 7 nitrogen and oxygen atoms in total. The third-order valence-corrected chi connectivity index (χ3v) is 5.40. The Labute approximate surface area is 200 Å². The minimum absolute atomic E-state index is 0.209. The Bertz CT molecular complexity index is 1100. The Balaban J connectivity index is 1.93. The van der Waals surface area contributed by atoms with Gasteiger partial charge in [0.2, 0.25) is 0 Å². The molecule has 0 radical (unpaired) electrons. The van der Waals surface area contributed by atoms with Crippen molar-refractivity contribution in [2.45, 2.75) is 26.4 Å². The molecule has 0 aliphatic rings. The molecule has 2 aromatic carbocycles. The van der Waals surface area contributed by atoms with Crippen molar-refractivity contribution in [2.75, 3.05) is 44.5 Å². The number of aliphatic imine (C=N–C) groups is 1. The van der Waals surface area contributed by atoms with Gasteiger partial charge in [0.1, 0.15) is 24.2 Å². The van der Waals surface area contributed by atoms with Crippen molar-refractivity contribution in [3.8, 4) is 5.75 Å². The molecule has 1 atom stereocenters. The number of nitrogens with one attached hydrogen (secondary N) is 1. The fourth-order valence-corrected chi connectivity index (χ4v) is 3.75. The van der Waals surface area contributed by atoms with Crippen molar-refractivity contribution < 1.29 is 9.13 Å². The van der Waals surface area contributed by atoms with Crippen molar-refractivity contribution in [2.24, 2.45) is 4.99 Å². The van der Waals surface area contributed by atoms with Crippen LogP contribution in [0.3, 0.4) is 0 Å². The molecule has 0 saturated heterocycles. The van der Waals surface area contributed by atoms with Crippen molar-refractivity contribution in [3.05, 3.63) is 71.4 Å². The van der Waals surface area contributed by atoms with E-state index >= 15 is 0 Å². The molecule has 0 bridgehead atoms. The summed E-state index contributed by atoms with van der Waals surface area (Å²) in [5, 5.41) is 11.6. The van der Waals surface area contributed by atoms with Crippen molar-refractivity contribution >= 4 is 22.9 Å². The van der Waals surface area contributed by atoms with Gasteiger partial charge in [-0.15, -0.1) is 5.10 Å². The normalized spacial score (nSPS) is 12.4. The van der Waals surface area contributed by atoms with Crippen LogP contribution in [0.15, 0.2) is 59.6 Å². The van der Waals surface area contributed by atoms with Gasteiger partial charge in [-0.3, -0.25) is 0 Å². The zero-order chi connectivity index (χ0) is 24.5. The quantitative estimate of drug-likeness (QED) is 0.317. The predicted octanol–water partition coefficient (Wildman–Crippen LogP) is 4.64. The fraction of sp³-hybridized carbons (Fsp3) is 0.346. The Kier molecular flexibility index (Phi) is 8.93. The van der Waals surface area contributed by atoms with Crippen molar-refractivity contribution in [3.63, 3.8) is 0 Å². The van der Waals surface area contributed by atoms with Gasteiger partial charge >= 0.3 is 0 Å². The number of ether oxygens (including phenoxy) is 1. The summed E-state index contributed by atoms with van der Waals surface area (Å²) in [4.78, 5) is 6.70. The largest absolute Gasteiger partial charge is 0.483 e. The van der Waals surface area contributed by atoms with E-state index in [1.807, 2.05) is 87.4 Å². The number of nitrogen functional groups attached to an aromatic ring is 1. The summed E-state index contributed by atoms with van der Waals surface area (Å²) in [5.41, 5.74) is 10.9. The van der Waals surface area contributed by atoms with Gasteiger partial charge in [-0.05, 0) is 38.1 Å². The highest BCUT2D eigenvalue weighted by Crippen LogP contribution is 2.34. The van der Waals surface area contributed by atoms with Crippen LogP contribution in [0.4, 0.5) is 21.6 Å². The van der Waals surface area contributed by atoms with Gasteiger partial charge < -0.3 is 20.7 Å². The molecule has 34 heavy (non-hydrogen) atoms. The molecule has 3 rings (SSSR count). The van der Waals surface area contributed by atoms with Gasteiger partial charge in [0.05, 0.1) is 11.4 Å². The smallest absolute Gasteiger partial charge is 0.174 e. The number of aryl methyl sites for hydroxylation is 1. The van der Waals surface area contributed by atoms with E-state index in [0.717, 1.165) is 16.8 Å². The minimum Gasteiger partial charge on any atom is -0.483 e. The van der Waals surface area contributed by atoms with E-state index < -0.39 is 6.67 Å². The lowest BCUT2D eigenvalue weighted by Gasteiger charge is -2.21. The molecule has 8 heteroatoms. The van der Waals surface area contributed by atoms with Gasteiger partial charge in [-0.2, -0.15) is 5.10 Å². The summed E-state index contributed by atoms with van der Waals surface area (Å²) in [5.74, 6) is 1.26. The van der Waals surface area contributed by atoms with Crippen LogP contribution < -0.4 is 20.7 Å². The molecule has 180 valence electrons. The molecule has 0 aliphatic carbocycles.